The van der Waals surface area contributed by atoms with E-state index in [9.17, 15) is 4.79 Å². The fourth-order valence-corrected chi connectivity index (χ4v) is 3.57. The smallest absolute Gasteiger partial charge is 0.335 e. The van der Waals surface area contributed by atoms with E-state index in [1.807, 2.05) is 60.7 Å². The van der Waals surface area contributed by atoms with E-state index in [1.54, 1.807) is 12.1 Å². The lowest BCUT2D eigenvalue weighted by molar-refractivity contribution is 0.0697. The minimum Gasteiger partial charge on any atom is -0.478 e. The number of rotatable bonds is 6. The summed E-state index contributed by atoms with van der Waals surface area (Å²) in [5, 5.41) is 17.3. The molecule has 0 aliphatic rings. The SMILES string of the molecule is O=C(O)c1ccc(-c2nnc(-c3ccc(N(c4ccccc4)c4ccccc4)cc3)o2)cc1. The highest BCUT2D eigenvalue weighted by molar-refractivity contribution is 5.88. The quantitative estimate of drug-likeness (QED) is 0.326. The second kappa shape index (κ2) is 8.80. The van der Waals surface area contributed by atoms with Crippen LogP contribution in [-0.2, 0) is 0 Å². The van der Waals surface area contributed by atoms with E-state index in [1.165, 1.54) is 12.1 Å². The van der Waals surface area contributed by atoms with Crippen LogP contribution >= 0.6 is 0 Å². The molecule has 6 nitrogen and oxygen atoms in total. The van der Waals surface area contributed by atoms with E-state index in [2.05, 4.69) is 39.4 Å². The van der Waals surface area contributed by atoms with E-state index in [-0.39, 0.29) is 5.56 Å². The molecule has 5 aromatic rings. The summed E-state index contributed by atoms with van der Waals surface area (Å²) in [4.78, 5) is 13.2. The molecule has 0 bridgehead atoms. The van der Waals surface area contributed by atoms with E-state index < -0.39 is 5.97 Å². The average Bonchev–Trinajstić information content (AvgIpc) is 3.36. The molecule has 0 unspecified atom stereocenters. The van der Waals surface area contributed by atoms with Crippen molar-refractivity contribution in [2.24, 2.45) is 0 Å². The monoisotopic (exact) mass is 433 g/mol. The first kappa shape index (κ1) is 20.2. The zero-order valence-corrected chi connectivity index (χ0v) is 17.5. The third kappa shape index (κ3) is 4.22. The van der Waals surface area contributed by atoms with Crippen LogP contribution in [0.25, 0.3) is 22.9 Å². The van der Waals surface area contributed by atoms with Gasteiger partial charge in [0.25, 0.3) is 0 Å². The number of benzene rings is 4. The number of carboxylic acids is 1. The second-order valence-corrected chi connectivity index (χ2v) is 7.35. The predicted octanol–water partition coefficient (Wildman–Crippen LogP) is 6.57. The molecule has 0 atom stereocenters. The minimum atomic E-state index is -0.979. The fourth-order valence-electron chi connectivity index (χ4n) is 3.57. The maximum Gasteiger partial charge on any atom is 0.335 e. The van der Waals surface area contributed by atoms with Gasteiger partial charge in [0, 0.05) is 28.2 Å². The molecule has 33 heavy (non-hydrogen) atoms. The van der Waals surface area contributed by atoms with E-state index in [4.69, 9.17) is 9.52 Å². The summed E-state index contributed by atoms with van der Waals surface area (Å²) in [5.74, 6) is -0.251. The molecule has 0 amide bonds. The van der Waals surface area contributed by atoms with Crippen LogP contribution in [0.5, 0.6) is 0 Å². The minimum absolute atomic E-state index is 0.204. The molecular weight excluding hydrogens is 414 g/mol. The molecule has 0 aliphatic carbocycles. The molecule has 0 saturated heterocycles. The van der Waals surface area contributed by atoms with Gasteiger partial charge >= 0.3 is 5.97 Å². The lowest BCUT2D eigenvalue weighted by atomic mass is 10.1. The van der Waals surface area contributed by atoms with E-state index >= 15 is 0 Å². The fraction of sp³-hybridized carbons (Fsp3) is 0. The summed E-state index contributed by atoms with van der Waals surface area (Å²) in [5.41, 5.74) is 4.77. The Labute approximate surface area is 190 Å². The van der Waals surface area contributed by atoms with Crippen molar-refractivity contribution in [2.45, 2.75) is 0 Å². The molecule has 0 aliphatic heterocycles. The van der Waals surface area contributed by atoms with E-state index in [0.29, 0.717) is 17.3 Å². The van der Waals surface area contributed by atoms with Crippen molar-refractivity contribution < 1.29 is 14.3 Å². The maximum absolute atomic E-state index is 11.0. The Bertz CT molecular complexity index is 1320. The van der Waals surface area contributed by atoms with Crippen LogP contribution in [0, 0.1) is 0 Å². The van der Waals surface area contributed by atoms with Crippen molar-refractivity contribution in [2.75, 3.05) is 4.90 Å². The molecule has 0 fully saturated rings. The number of aromatic nitrogens is 2. The van der Waals surface area contributed by atoms with Crippen LogP contribution in [0.4, 0.5) is 17.1 Å². The van der Waals surface area contributed by atoms with Crippen LogP contribution in [0.15, 0.2) is 114 Å². The Morgan fingerprint density at radius 2 is 1.03 bits per heavy atom. The first-order valence-corrected chi connectivity index (χ1v) is 10.4. The highest BCUT2D eigenvalue weighted by Gasteiger charge is 2.14. The number of anilines is 3. The molecule has 0 saturated carbocycles. The largest absolute Gasteiger partial charge is 0.478 e. The van der Waals surface area contributed by atoms with Gasteiger partial charge < -0.3 is 14.4 Å². The van der Waals surface area contributed by atoms with Crippen molar-refractivity contribution in [1.82, 2.24) is 10.2 Å². The van der Waals surface area contributed by atoms with Gasteiger partial charge in [-0.25, -0.2) is 4.79 Å². The van der Waals surface area contributed by atoms with Gasteiger partial charge in [0.2, 0.25) is 11.8 Å². The predicted molar refractivity (Wildman–Crippen MR) is 127 cm³/mol. The third-order valence-electron chi connectivity index (χ3n) is 5.21. The Kier molecular flexibility index (Phi) is 5.39. The normalized spacial score (nSPS) is 10.7. The van der Waals surface area contributed by atoms with Crippen LogP contribution in [0.1, 0.15) is 10.4 Å². The van der Waals surface area contributed by atoms with Crippen LogP contribution in [-0.4, -0.2) is 21.3 Å². The van der Waals surface area contributed by atoms with Crippen LogP contribution in [0.3, 0.4) is 0 Å². The molecular formula is C27H19N3O3. The lowest BCUT2D eigenvalue weighted by Crippen LogP contribution is -2.09. The molecule has 1 heterocycles. The maximum atomic E-state index is 11.0. The molecule has 160 valence electrons. The molecule has 0 spiro atoms. The van der Waals surface area contributed by atoms with Gasteiger partial charge in [-0.15, -0.1) is 10.2 Å². The Morgan fingerprint density at radius 1 is 0.606 bits per heavy atom. The number of hydrogen-bond acceptors (Lipinski definition) is 5. The Balaban J connectivity index is 1.44. The van der Waals surface area contributed by atoms with Crippen molar-refractivity contribution in [3.8, 4) is 22.9 Å². The van der Waals surface area contributed by atoms with Gasteiger partial charge in [-0.1, -0.05) is 36.4 Å². The molecule has 5 rings (SSSR count). The third-order valence-corrected chi connectivity index (χ3v) is 5.21. The summed E-state index contributed by atoms with van der Waals surface area (Å²) in [6, 6.07) is 34.6. The topological polar surface area (TPSA) is 79.5 Å². The molecule has 6 heteroatoms. The average molecular weight is 433 g/mol. The van der Waals surface area contributed by atoms with E-state index in [0.717, 1.165) is 22.6 Å². The number of carbonyl (C=O) groups is 1. The number of para-hydroxylation sites is 2. The zero-order chi connectivity index (χ0) is 22.6. The van der Waals surface area contributed by atoms with Crippen LogP contribution < -0.4 is 4.90 Å². The lowest BCUT2D eigenvalue weighted by Gasteiger charge is -2.25. The van der Waals surface area contributed by atoms with Gasteiger partial charge in [-0.3, -0.25) is 0 Å². The summed E-state index contributed by atoms with van der Waals surface area (Å²) in [6.45, 7) is 0. The van der Waals surface area contributed by atoms with Crippen molar-refractivity contribution in [3.05, 3.63) is 115 Å². The van der Waals surface area contributed by atoms with Gasteiger partial charge in [-0.05, 0) is 72.8 Å². The van der Waals surface area contributed by atoms with Crippen LogP contribution in [0.2, 0.25) is 0 Å². The Hall–Kier alpha value is -4.71. The number of nitrogens with zero attached hydrogens (tertiary/aromatic N) is 3. The summed E-state index contributed by atoms with van der Waals surface area (Å²) in [7, 11) is 0. The molecule has 1 aromatic heterocycles. The Morgan fingerprint density at radius 3 is 1.48 bits per heavy atom. The number of aromatic carboxylic acids is 1. The zero-order valence-electron chi connectivity index (χ0n) is 17.5. The van der Waals surface area contributed by atoms with Crippen molar-refractivity contribution in [1.29, 1.82) is 0 Å². The summed E-state index contributed by atoms with van der Waals surface area (Å²) < 4.78 is 5.84. The highest BCUT2D eigenvalue weighted by Crippen LogP contribution is 2.35. The number of hydrogen-bond donors (Lipinski definition) is 1. The first-order valence-electron chi connectivity index (χ1n) is 10.4. The molecule has 4 aromatic carbocycles. The second-order valence-electron chi connectivity index (χ2n) is 7.35. The van der Waals surface area contributed by atoms with Gasteiger partial charge in [0.15, 0.2) is 0 Å². The van der Waals surface area contributed by atoms with Gasteiger partial charge in [0.05, 0.1) is 5.56 Å². The standard InChI is InChI=1S/C27H19N3O3/c31-27(32)21-13-11-19(12-14-21)25-28-29-26(33-25)20-15-17-24(18-16-20)30(22-7-3-1-4-8-22)23-9-5-2-6-10-23/h1-18H,(H,31,32). The number of carboxylic acid groups (broad SMARTS) is 1. The molecule has 0 radical (unpaired) electrons. The summed E-state index contributed by atoms with van der Waals surface area (Å²) >= 11 is 0. The van der Waals surface area contributed by atoms with Gasteiger partial charge in [0.1, 0.15) is 0 Å². The first-order chi connectivity index (χ1) is 16.2. The molecule has 1 N–H and O–H groups in total. The highest BCUT2D eigenvalue weighted by atomic mass is 16.4. The van der Waals surface area contributed by atoms with Crippen molar-refractivity contribution in [3.63, 3.8) is 0 Å². The van der Waals surface area contributed by atoms with Gasteiger partial charge in [-0.2, -0.15) is 0 Å². The van der Waals surface area contributed by atoms with Crippen molar-refractivity contribution >= 4 is 23.0 Å². The summed E-state index contributed by atoms with van der Waals surface area (Å²) in [6.07, 6.45) is 0.